The predicted octanol–water partition coefficient (Wildman–Crippen LogP) is 2.83. The minimum atomic E-state index is 0.463. The molecule has 1 nitrogen and oxygen atoms in total. The van der Waals surface area contributed by atoms with Crippen LogP contribution in [0.3, 0.4) is 0 Å². The van der Waals surface area contributed by atoms with Gasteiger partial charge in [0.2, 0.25) is 0 Å². The first-order valence-corrected chi connectivity index (χ1v) is 4.78. The highest BCUT2D eigenvalue weighted by Gasteiger charge is 2.29. The molecule has 11 heavy (non-hydrogen) atoms. The Hall–Kier alpha value is 0.0249. The van der Waals surface area contributed by atoms with Gasteiger partial charge in [0.05, 0.1) is 0 Å². The van der Waals surface area contributed by atoms with Crippen LogP contribution in [0, 0.1) is 5.92 Å². The minimum Gasteiger partial charge on any atom is -0.438 e. The molecule has 2 unspecified atom stereocenters. The molecule has 2 heteroatoms. The summed E-state index contributed by atoms with van der Waals surface area (Å²) in [7, 11) is 1.83. The molecule has 0 bridgehead atoms. The van der Waals surface area contributed by atoms with Gasteiger partial charge < -0.3 is 4.65 Å². The Bertz CT molecular complexity index is 112. The molecule has 2 atom stereocenters. The molecule has 0 spiro atoms. The van der Waals surface area contributed by atoms with Gasteiger partial charge in [0.15, 0.2) is 0 Å². The quantitative estimate of drug-likeness (QED) is 0.555. The second-order valence-electron chi connectivity index (χ2n) is 3.87. The summed E-state index contributed by atoms with van der Waals surface area (Å²) in [5, 5.41) is 0. The fourth-order valence-electron chi connectivity index (χ4n) is 2.22. The third-order valence-corrected chi connectivity index (χ3v) is 3.15. The molecule has 1 aliphatic rings. The third-order valence-electron chi connectivity index (χ3n) is 3.15. The van der Waals surface area contributed by atoms with E-state index in [0.29, 0.717) is 6.92 Å². The summed E-state index contributed by atoms with van der Waals surface area (Å²) in [5.41, 5.74) is 0. The molecule has 1 saturated carbocycles. The topological polar surface area (TPSA) is 9.23 Å². The Morgan fingerprint density at radius 1 is 1.27 bits per heavy atom. The lowest BCUT2D eigenvalue weighted by molar-refractivity contribution is 0.331. The van der Waals surface area contributed by atoms with E-state index in [1.54, 1.807) is 0 Å². The molecular formula is C9H19BO. The minimum absolute atomic E-state index is 0.463. The van der Waals surface area contributed by atoms with Gasteiger partial charge in [0, 0.05) is 7.11 Å². The van der Waals surface area contributed by atoms with Crippen LogP contribution < -0.4 is 0 Å². The van der Waals surface area contributed by atoms with E-state index in [9.17, 15) is 0 Å². The van der Waals surface area contributed by atoms with Crippen molar-refractivity contribution in [3.63, 3.8) is 0 Å². The summed E-state index contributed by atoms with van der Waals surface area (Å²) < 4.78 is 5.36. The molecule has 64 valence electrons. The zero-order chi connectivity index (χ0) is 8.27. The van der Waals surface area contributed by atoms with E-state index in [1.807, 2.05) is 7.11 Å². The van der Waals surface area contributed by atoms with Gasteiger partial charge in [-0.2, -0.15) is 0 Å². The van der Waals surface area contributed by atoms with Gasteiger partial charge >= 0.3 is 0 Å². The first-order chi connectivity index (χ1) is 5.25. The Labute approximate surface area is 70.6 Å². The van der Waals surface area contributed by atoms with Crippen molar-refractivity contribution in [3.05, 3.63) is 0 Å². The second kappa shape index (κ2) is 4.15. The number of hydrogen-bond donors (Lipinski definition) is 0. The molecule has 0 amide bonds. The molecular weight excluding hydrogens is 135 g/mol. The zero-order valence-electron chi connectivity index (χ0n) is 7.97. The highest BCUT2D eigenvalue weighted by molar-refractivity contribution is 6.52. The molecule has 0 aromatic carbocycles. The zero-order valence-corrected chi connectivity index (χ0v) is 7.97. The molecule has 1 aliphatic carbocycles. The second-order valence-corrected chi connectivity index (χ2v) is 3.87. The van der Waals surface area contributed by atoms with Crippen LogP contribution >= 0.6 is 0 Å². The monoisotopic (exact) mass is 154 g/mol. The average molecular weight is 154 g/mol. The molecule has 1 rings (SSSR count). The summed E-state index contributed by atoms with van der Waals surface area (Å²) in [6, 6.07) is 0. The van der Waals surface area contributed by atoms with Crippen molar-refractivity contribution in [2.75, 3.05) is 7.11 Å². The fraction of sp³-hybridized carbons (Fsp3) is 1.00. The molecule has 0 aromatic heterocycles. The fourth-order valence-corrected chi connectivity index (χ4v) is 2.22. The smallest absolute Gasteiger partial charge is 0.292 e. The highest BCUT2D eigenvalue weighted by Crippen LogP contribution is 2.36. The van der Waals surface area contributed by atoms with E-state index in [1.165, 1.54) is 25.7 Å². The van der Waals surface area contributed by atoms with Crippen LogP contribution in [-0.4, -0.2) is 14.0 Å². The summed E-state index contributed by atoms with van der Waals surface area (Å²) in [5.74, 6) is 1.69. The summed E-state index contributed by atoms with van der Waals surface area (Å²) in [4.78, 5) is 0. The van der Waals surface area contributed by atoms with Crippen LogP contribution in [0.5, 0.6) is 0 Å². The van der Waals surface area contributed by atoms with Gasteiger partial charge in [-0.15, -0.1) is 0 Å². The maximum atomic E-state index is 5.36. The molecule has 0 radical (unpaired) electrons. The van der Waals surface area contributed by atoms with Crippen LogP contribution in [0.2, 0.25) is 12.6 Å². The summed E-state index contributed by atoms with van der Waals surface area (Å²) in [6.07, 6.45) is 5.60. The van der Waals surface area contributed by atoms with Gasteiger partial charge in [0.25, 0.3) is 6.92 Å². The van der Waals surface area contributed by atoms with E-state index in [2.05, 4.69) is 13.7 Å². The standard InChI is InChI=1S/C9H19BO/c1-8-6-4-5-7-9(8)10(2)11-3/h8-9H,4-7H2,1-3H3. The van der Waals surface area contributed by atoms with Crippen LogP contribution in [-0.2, 0) is 4.65 Å². The van der Waals surface area contributed by atoms with E-state index in [4.69, 9.17) is 4.65 Å². The van der Waals surface area contributed by atoms with Gasteiger partial charge in [-0.1, -0.05) is 39.4 Å². The van der Waals surface area contributed by atoms with Gasteiger partial charge in [-0.05, 0) is 11.7 Å². The van der Waals surface area contributed by atoms with E-state index < -0.39 is 0 Å². The van der Waals surface area contributed by atoms with Crippen molar-refractivity contribution in [1.82, 2.24) is 0 Å². The van der Waals surface area contributed by atoms with Crippen molar-refractivity contribution in [1.29, 1.82) is 0 Å². The SMILES string of the molecule is COB(C)C1CCCCC1C. The van der Waals surface area contributed by atoms with Crippen LogP contribution in [0.4, 0.5) is 0 Å². The maximum Gasteiger partial charge on any atom is 0.292 e. The molecule has 1 fully saturated rings. The Morgan fingerprint density at radius 3 is 2.45 bits per heavy atom. The summed E-state index contributed by atoms with van der Waals surface area (Å²) in [6.45, 7) is 5.02. The Balaban J connectivity index is 2.40. The highest BCUT2D eigenvalue weighted by atomic mass is 16.4. The normalized spacial score (nSPS) is 31.9. The lowest BCUT2D eigenvalue weighted by atomic mass is 9.50. The van der Waals surface area contributed by atoms with E-state index in [0.717, 1.165) is 11.7 Å². The lowest BCUT2D eigenvalue weighted by Crippen LogP contribution is -2.27. The van der Waals surface area contributed by atoms with Crippen molar-refractivity contribution in [2.45, 2.75) is 45.2 Å². The lowest BCUT2D eigenvalue weighted by Gasteiger charge is -2.30. The first kappa shape index (κ1) is 9.12. The van der Waals surface area contributed by atoms with Crippen molar-refractivity contribution in [3.8, 4) is 0 Å². The van der Waals surface area contributed by atoms with Crippen LogP contribution in [0.1, 0.15) is 32.6 Å². The molecule has 0 aliphatic heterocycles. The Kier molecular flexibility index (Phi) is 3.44. The van der Waals surface area contributed by atoms with Crippen molar-refractivity contribution >= 4 is 6.92 Å². The molecule has 0 N–H and O–H groups in total. The van der Waals surface area contributed by atoms with E-state index >= 15 is 0 Å². The van der Waals surface area contributed by atoms with E-state index in [-0.39, 0.29) is 0 Å². The summed E-state index contributed by atoms with van der Waals surface area (Å²) >= 11 is 0. The molecule has 0 heterocycles. The Morgan fingerprint density at radius 2 is 1.91 bits per heavy atom. The largest absolute Gasteiger partial charge is 0.438 e. The van der Waals surface area contributed by atoms with Gasteiger partial charge in [-0.3, -0.25) is 0 Å². The van der Waals surface area contributed by atoms with Gasteiger partial charge in [0.1, 0.15) is 0 Å². The third kappa shape index (κ3) is 2.23. The number of hydrogen-bond acceptors (Lipinski definition) is 1. The average Bonchev–Trinajstić information content (AvgIpc) is 2.04. The maximum absolute atomic E-state index is 5.36. The van der Waals surface area contributed by atoms with Crippen molar-refractivity contribution < 1.29 is 4.65 Å². The van der Waals surface area contributed by atoms with Crippen LogP contribution in [0.15, 0.2) is 0 Å². The predicted molar refractivity (Wildman–Crippen MR) is 50.0 cm³/mol. The first-order valence-electron chi connectivity index (χ1n) is 4.78. The molecule has 0 aromatic rings. The molecule has 0 saturated heterocycles. The van der Waals surface area contributed by atoms with Crippen LogP contribution in [0.25, 0.3) is 0 Å². The number of rotatable bonds is 2. The van der Waals surface area contributed by atoms with Gasteiger partial charge in [-0.25, -0.2) is 0 Å². The van der Waals surface area contributed by atoms with Crippen molar-refractivity contribution in [2.24, 2.45) is 5.92 Å².